The lowest BCUT2D eigenvalue weighted by Gasteiger charge is -2.12. The van der Waals surface area contributed by atoms with Gasteiger partial charge in [0.25, 0.3) is 0 Å². The van der Waals surface area contributed by atoms with Crippen molar-refractivity contribution in [3.63, 3.8) is 0 Å². The predicted octanol–water partition coefficient (Wildman–Crippen LogP) is 8.12. The number of hydrogen-bond acceptors (Lipinski definition) is 4. The van der Waals surface area contributed by atoms with Crippen LogP contribution < -0.4 is 4.74 Å². The van der Waals surface area contributed by atoms with Gasteiger partial charge in [0.2, 0.25) is 0 Å². The van der Waals surface area contributed by atoms with Gasteiger partial charge in [-0.25, -0.2) is 4.79 Å². The summed E-state index contributed by atoms with van der Waals surface area (Å²) in [7, 11) is 0. The molecule has 0 heterocycles. The second-order valence-corrected chi connectivity index (χ2v) is 9.00. The highest BCUT2D eigenvalue weighted by Gasteiger charge is 2.18. The van der Waals surface area contributed by atoms with Crippen LogP contribution in [0, 0.1) is 0 Å². The molecule has 2 aromatic rings. The molecule has 0 aromatic heterocycles. The smallest absolute Gasteiger partial charge is 0.347 e. The normalized spacial score (nSPS) is 11.0. The molecule has 4 heteroatoms. The highest BCUT2D eigenvalue weighted by atomic mass is 16.5. The molecule has 0 aliphatic carbocycles. The van der Waals surface area contributed by atoms with E-state index in [1.54, 1.807) is 24.3 Å². The largest absolute Gasteiger partial charge is 0.507 e. The number of rotatable bonds is 16. The number of para-hydroxylation sites is 2. The minimum absolute atomic E-state index is 0.0150. The van der Waals surface area contributed by atoms with E-state index in [0.717, 1.165) is 49.7 Å². The molecule has 4 nitrogen and oxygen atoms in total. The summed E-state index contributed by atoms with van der Waals surface area (Å²) in [5.41, 5.74) is 1.69. The first-order valence-corrected chi connectivity index (χ1v) is 12.9. The summed E-state index contributed by atoms with van der Waals surface area (Å²) < 4.78 is 5.49. The Labute approximate surface area is 200 Å². The number of phenols is 2. The second-order valence-electron chi connectivity index (χ2n) is 9.00. The summed E-state index contributed by atoms with van der Waals surface area (Å²) in [6.45, 7) is 4.41. The van der Waals surface area contributed by atoms with E-state index in [1.165, 1.54) is 51.4 Å². The quantitative estimate of drug-likeness (QED) is 0.153. The van der Waals surface area contributed by atoms with Gasteiger partial charge >= 0.3 is 5.97 Å². The zero-order chi connectivity index (χ0) is 23.9. The van der Waals surface area contributed by atoms with Crippen molar-refractivity contribution in [3.8, 4) is 17.2 Å². The van der Waals surface area contributed by atoms with E-state index in [4.69, 9.17) is 4.74 Å². The van der Waals surface area contributed by atoms with E-state index in [-0.39, 0.29) is 22.8 Å². The lowest BCUT2D eigenvalue weighted by Crippen LogP contribution is -2.10. The van der Waals surface area contributed by atoms with Crippen LogP contribution in [0.2, 0.25) is 0 Å². The highest BCUT2D eigenvalue weighted by molar-refractivity contribution is 5.94. The zero-order valence-corrected chi connectivity index (χ0v) is 20.6. The van der Waals surface area contributed by atoms with Crippen molar-refractivity contribution in [2.75, 3.05) is 0 Å². The monoisotopic (exact) mass is 454 g/mol. The fraction of sp³-hybridized carbons (Fsp3) is 0.552. The van der Waals surface area contributed by atoms with Crippen LogP contribution in [0.5, 0.6) is 17.2 Å². The minimum atomic E-state index is -0.649. The Bertz CT molecular complexity index is 844. The Balaban J connectivity index is 1.93. The molecule has 0 saturated heterocycles. The Morgan fingerprint density at radius 3 is 1.73 bits per heavy atom. The highest BCUT2D eigenvalue weighted by Crippen LogP contribution is 2.33. The van der Waals surface area contributed by atoms with Gasteiger partial charge in [-0.2, -0.15) is 0 Å². The molecular formula is C29H42O4. The standard InChI is InChI=1S/C29H42O4/c1-3-5-7-9-11-13-17-23-19-15-21-25(27(23)30)29(32)33-26-22-16-20-24(28(26)31)18-14-12-10-8-6-4-2/h15-16,19-22,30-31H,3-14,17-18H2,1-2H3. The van der Waals surface area contributed by atoms with Crippen LogP contribution in [0.15, 0.2) is 36.4 Å². The van der Waals surface area contributed by atoms with Gasteiger partial charge in [0, 0.05) is 0 Å². The number of phenolic OH excluding ortho intramolecular Hbond substituents is 2. The van der Waals surface area contributed by atoms with E-state index < -0.39 is 5.97 Å². The number of aryl methyl sites for hydroxylation is 2. The maximum Gasteiger partial charge on any atom is 0.347 e. The van der Waals surface area contributed by atoms with E-state index in [0.29, 0.717) is 0 Å². The third kappa shape index (κ3) is 9.11. The third-order valence-corrected chi connectivity index (χ3v) is 6.22. The molecule has 0 amide bonds. The van der Waals surface area contributed by atoms with Crippen LogP contribution in [0.3, 0.4) is 0 Å². The summed E-state index contributed by atoms with van der Waals surface area (Å²) in [4.78, 5) is 12.8. The fourth-order valence-electron chi connectivity index (χ4n) is 4.16. The zero-order valence-electron chi connectivity index (χ0n) is 20.6. The Morgan fingerprint density at radius 2 is 1.15 bits per heavy atom. The van der Waals surface area contributed by atoms with E-state index in [9.17, 15) is 15.0 Å². The van der Waals surface area contributed by atoms with E-state index in [1.807, 2.05) is 12.1 Å². The second kappa shape index (κ2) is 15.4. The van der Waals surface area contributed by atoms with Crippen molar-refractivity contribution in [1.82, 2.24) is 0 Å². The van der Waals surface area contributed by atoms with Gasteiger partial charge in [-0.15, -0.1) is 0 Å². The van der Waals surface area contributed by atoms with Crippen molar-refractivity contribution in [2.24, 2.45) is 0 Å². The molecule has 0 unspecified atom stereocenters. The summed E-state index contributed by atoms with van der Waals surface area (Å²) in [6, 6.07) is 10.5. The molecule has 0 aliphatic heterocycles. The van der Waals surface area contributed by atoms with Crippen LogP contribution in [0.4, 0.5) is 0 Å². The average Bonchev–Trinajstić information content (AvgIpc) is 2.81. The minimum Gasteiger partial charge on any atom is -0.507 e. The lowest BCUT2D eigenvalue weighted by molar-refractivity contribution is 0.0726. The molecule has 182 valence electrons. The maximum atomic E-state index is 12.8. The van der Waals surface area contributed by atoms with Crippen molar-refractivity contribution >= 4 is 5.97 Å². The van der Waals surface area contributed by atoms with Gasteiger partial charge < -0.3 is 14.9 Å². The molecule has 0 atom stereocenters. The number of esters is 1. The molecule has 33 heavy (non-hydrogen) atoms. The molecule has 0 spiro atoms. The first-order chi connectivity index (χ1) is 16.1. The molecular weight excluding hydrogens is 412 g/mol. The van der Waals surface area contributed by atoms with Gasteiger partial charge in [0.15, 0.2) is 11.5 Å². The van der Waals surface area contributed by atoms with E-state index in [2.05, 4.69) is 13.8 Å². The van der Waals surface area contributed by atoms with Crippen molar-refractivity contribution < 1.29 is 19.7 Å². The van der Waals surface area contributed by atoms with Crippen LogP contribution >= 0.6 is 0 Å². The molecule has 2 rings (SSSR count). The van der Waals surface area contributed by atoms with Crippen LogP contribution in [-0.4, -0.2) is 16.2 Å². The molecule has 0 radical (unpaired) electrons. The maximum absolute atomic E-state index is 12.8. The van der Waals surface area contributed by atoms with Gasteiger partial charge in [-0.1, -0.05) is 102 Å². The summed E-state index contributed by atoms with van der Waals surface area (Å²) in [5.74, 6) is -0.505. The summed E-state index contributed by atoms with van der Waals surface area (Å²) in [6.07, 6.45) is 15.6. The van der Waals surface area contributed by atoms with Crippen LogP contribution in [0.25, 0.3) is 0 Å². The van der Waals surface area contributed by atoms with Gasteiger partial charge in [-0.3, -0.25) is 0 Å². The number of unbranched alkanes of at least 4 members (excludes halogenated alkanes) is 10. The number of carbonyl (C=O) groups is 1. The molecule has 0 aliphatic rings. The molecule has 0 fully saturated rings. The van der Waals surface area contributed by atoms with E-state index >= 15 is 0 Å². The van der Waals surface area contributed by atoms with Gasteiger partial charge in [-0.05, 0) is 48.9 Å². The third-order valence-electron chi connectivity index (χ3n) is 6.22. The SMILES string of the molecule is CCCCCCCCc1cccc(OC(=O)c2cccc(CCCCCCCC)c2O)c1O. The van der Waals surface area contributed by atoms with Crippen LogP contribution in [-0.2, 0) is 12.8 Å². The van der Waals surface area contributed by atoms with Crippen molar-refractivity contribution in [1.29, 1.82) is 0 Å². The Morgan fingerprint density at radius 1 is 0.667 bits per heavy atom. The lowest BCUT2D eigenvalue weighted by atomic mass is 10.0. The number of hydrogen-bond donors (Lipinski definition) is 2. The first kappa shape index (κ1) is 26.8. The molecule has 2 aromatic carbocycles. The fourth-order valence-corrected chi connectivity index (χ4v) is 4.16. The van der Waals surface area contributed by atoms with Crippen LogP contribution in [0.1, 0.15) is 112 Å². The molecule has 0 saturated carbocycles. The number of ether oxygens (including phenoxy) is 1. The Kier molecular flexibility index (Phi) is 12.5. The Hall–Kier alpha value is -2.49. The number of benzene rings is 2. The number of carbonyl (C=O) groups excluding carboxylic acids is 1. The predicted molar refractivity (Wildman–Crippen MR) is 135 cm³/mol. The topological polar surface area (TPSA) is 66.8 Å². The average molecular weight is 455 g/mol. The van der Waals surface area contributed by atoms with Gasteiger partial charge in [0.05, 0.1) is 0 Å². The first-order valence-electron chi connectivity index (χ1n) is 12.9. The molecule has 2 N–H and O–H groups in total. The molecule has 0 bridgehead atoms. The number of aromatic hydroxyl groups is 2. The summed E-state index contributed by atoms with van der Waals surface area (Å²) in [5, 5.41) is 21.3. The van der Waals surface area contributed by atoms with Crippen molar-refractivity contribution in [3.05, 3.63) is 53.1 Å². The van der Waals surface area contributed by atoms with Gasteiger partial charge in [0.1, 0.15) is 11.3 Å². The summed E-state index contributed by atoms with van der Waals surface area (Å²) >= 11 is 0. The van der Waals surface area contributed by atoms with Crippen molar-refractivity contribution in [2.45, 2.75) is 104 Å².